The van der Waals surface area contributed by atoms with E-state index in [0.29, 0.717) is 6.54 Å². The summed E-state index contributed by atoms with van der Waals surface area (Å²) >= 11 is 2.88. The number of benzene rings is 2. The Kier molecular flexibility index (Phi) is 6.47. The number of amides is 1. The van der Waals surface area contributed by atoms with Crippen LogP contribution in [0.3, 0.4) is 0 Å². The molecule has 3 rings (SSSR count). The first-order valence-electron chi connectivity index (χ1n) is 8.67. The summed E-state index contributed by atoms with van der Waals surface area (Å²) in [5.41, 5.74) is 4.21. The number of anilines is 2. The molecule has 1 heterocycles. The quantitative estimate of drug-likeness (QED) is 0.555. The summed E-state index contributed by atoms with van der Waals surface area (Å²) in [6.45, 7) is 6.58. The lowest BCUT2D eigenvalue weighted by atomic mass is 10.1. The van der Waals surface area contributed by atoms with E-state index in [1.54, 1.807) is 0 Å². The van der Waals surface area contributed by atoms with Crippen LogP contribution in [-0.4, -0.2) is 21.4 Å². The first-order chi connectivity index (χ1) is 13.0. The van der Waals surface area contributed by atoms with Gasteiger partial charge >= 0.3 is 0 Å². The Bertz CT molecular complexity index is 911. The topological polar surface area (TPSA) is 66.9 Å². The van der Waals surface area contributed by atoms with E-state index in [1.807, 2.05) is 57.2 Å². The number of hydrogen-bond donors (Lipinski definition) is 2. The summed E-state index contributed by atoms with van der Waals surface area (Å²) < 4.78 is 0.772. The van der Waals surface area contributed by atoms with Crippen LogP contribution in [-0.2, 0) is 11.3 Å². The number of rotatable bonds is 7. The molecular formula is C20H22N4OS2. The van der Waals surface area contributed by atoms with Crippen LogP contribution < -0.4 is 10.6 Å². The molecule has 0 aliphatic rings. The van der Waals surface area contributed by atoms with Crippen molar-refractivity contribution in [1.29, 1.82) is 0 Å². The zero-order valence-corrected chi connectivity index (χ0v) is 17.2. The molecule has 2 aromatic carbocycles. The molecule has 7 heteroatoms. The standard InChI is InChI=1S/C20H22N4OS2/c1-13-9-10-14(2)17(11-13)22-18(25)15(3)26-20-24-23-19(27-20)21-12-16-7-5-4-6-8-16/h4-11,15H,12H2,1-3H3,(H,21,23)(H,22,25). The minimum atomic E-state index is -0.264. The third kappa shape index (κ3) is 5.55. The number of hydrogen-bond acceptors (Lipinski definition) is 6. The maximum atomic E-state index is 12.5. The molecule has 0 bridgehead atoms. The van der Waals surface area contributed by atoms with Crippen LogP contribution in [0.15, 0.2) is 52.9 Å². The maximum absolute atomic E-state index is 12.5. The fraction of sp³-hybridized carbons (Fsp3) is 0.250. The van der Waals surface area contributed by atoms with Gasteiger partial charge in [0.05, 0.1) is 5.25 Å². The average Bonchev–Trinajstić information content (AvgIpc) is 3.11. The largest absolute Gasteiger partial charge is 0.356 e. The number of thioether (sulfide) groups is 1. The number of carbonyl (C=O) groups is 1. The van der Waals surface area contributed by atoms with Gasteiger partial charge < -0.3 is 10.6 Å². The zero-order valence-electron chi connectivity index (χ0n) is 15.5. The Labute approximate surface area is 167 Å². The second-order valence-electron chi connectivity index (χ2n) is 6.28. The van der Waals surface area contributed by atoms with E-state index in [-0.39, 0.29) is 11.2 Å². The lowest BCUT2D eigenvalue weighted by Gasteiger charge is -2.12. The minimum Gasteiger partial charge on any atom is -0.356 e. The summed E-state index contributed by atoms with van der Waals surface area (Å²) in [5.74, 6) is -0.0392. The molecule has 5 nitrogen and oxygen atoms in total. The molecule has 2 N–H and O–H groups in total. The van der Waals surface area contributed by atoms with Gasteiger partial charge in [-0.25, -0.2) is 0 Å². The minimum absolute atomic E-state index is 0.0392. The highest BCUT2D eigenvalue weighted by Gasteiger charge is 2.18. The van der Waals surface area contributed by atoms with E-state index < -0.39 is 0 Å². The van der Waals surface area contributed by atoms with Gasteiger partial charge in [0.2, 0.25) is 11.0 Å². The van der Waals surface area contributed by atoms with Crippen molar-refractivity contribution in [1.82, 2.24) is 10.2 Å². The van der Waals surface area contributed by atoms with Crippen molar-refractivity contribution in [2.45, 2.75) is 36.9 Å². The highest BCUT2D eigenvalue weighted by Crippen LogP contribution is 2.30. The predicted molar refractivity (Wildman–Crippen MR) is 114 cm³/mol. The van der Waals surface area contributed by atoms with Gasteiger partial charge in [0, 0.05) is 12.2 Å². The van der Waals surface area contributed by atoms with Crippen LogP contribution in [0, 0.1) is 13.8 Å². The van der Waals surface area contributed by atoms with Gasteiger partial charge in [-0.1, -0.05) is 65.6 Å². The first kappa shape index (κ1) is 19.4. The molecule has 0 radical (unpaired) electrons. The van der Waals surface area contributed by atoms with E-state index in [4.69, 9.17) is 0 Å². The Morgan fingerprint density at radius 1 is 1.15 bits per heavy atom. The molecule has 0 saturated heterocycles. The van der Waals surface area contributed by atoms with Crippen molar-refractivity contribution in [3.8, 4) is 0 Å². The molecule has 0 spiro atoms. The molecule has 0 aliphatic heterocycles. The summed E-state index contributed by atoms with van der Waals surface area (Å²) in [4.78, 5) is 12.5. The smallest absolute Gasteiger partial charge is 0.237 e. The number of carbonyl (C=O) groups excluding carboxylic acids is 1. The predicted octanol–water partition coefficient (Wildman–Crippen LogP) is 4.89. The molecule has 0 saturated carbocycles. The Morgan fingerprint density at radius 2 is 1.93 bits per heavy atom. The monoisotopic (exact) mass is 398 g/mol. The molecule has 1 atom stereocenters. The Balaban J connectivity index is 1.54. The maximum Gasteiger partial charge on any atom is 0.237 e. The second kappa shape index (κ2) is 9.01. The summed E-state index contributed by atoms with van der Waals surface area (Å²) in [6, 6.07) is 16.2. The third-order valence-electron chi connectivity index (χ3n) is 3.99. The zero-order chi connectivity index (χ0) is 19.2. The Hall–Kier alpha value is -2.38. The van der Waals surface area contributed by atoms with Crippen molar-refractivity contribution in [3.63, 3.8) is 0 Å². The van der Waals surface area contributed by atoms with Crippen molar-refractivity contribution in [2.24, 2.45) is 0 Å². The summed E-state index contributed by atoms with van der Waals surface area (Å²) in [7, 11) is 0. The van der Waals surface area contributed by atoms with Gasteiger partial charge in [-0.3, -0.25) is 4.79 Å². The average molecular weight is 399 g/mol. The fourth-order valence-corrected chi connectivity index (χ4v) is 4.30. The summed E-state index contributed by atoms with van der Waals surface area (Å²) in [6.07, 6.45) is 0. The third-order valence-corrected chi connectivity index (χ3v) is 6.06. The SMILES string of the molecule is Cc1ccc(C)c(NC(=O)C(C)Sc2nnc(NCc3ccccc3)s2)c1. The molecule has 0 fully saturated rings. The van der Waals surface area contributed by atoms with E-state index in [2.05, 4.69) is 33.0 Å². The van der Waals surface area contributed by atoms with Gasteiger partial charge in [-0.05, 0) is 43.5 Å². The molecule has 3 aromatic rings. The highest BCUT2D eigenvalue weighted by atomic mass is 32.2. The normalized spacial score (nSPS) is 11.8. The molecule has 1 amide bonds. The lowest BCUT2D eigenvalue weighted by molar-refractivity contribution is -0.115. The van der Waals surface area contributed by atoms with Gasteiger partial charge in [-0.2, -0.15) is 0 Å². The van der Waals surface area contributed by atoms with Crippen LogP contribution in [0.1, 0.15) is 23.6 Å². The van der Waals surface area contributed by atoms with Crippen LogP contribution in [0.25, 0.3) is 0 Å². The lowest BCUT2D eigenvalue weighted by Crippen LogP contribution is -2.22. The molecule has 1 unspecified atom stereocenters. The number of aromatic nitrogens is 2. The fourth-order valence-electron chi connectivity index (χ4n) is 2.41. The molecule has 1 aromatic heterocycles. The molecule has 140 valence electrons. The van der Waals surface area contributed by atoms with Crippen molar-refractivity contribution in [3.05, 3.63) is 65.2 Å². The number of aryl methyl sites for hydroxylation is 2. The highest BCUT2D eigenvalue weighted by molar-refractivity contribution is 8.02. The summed E-state index contributed by atoms with van der Waals surface area (Å²) in [5, 5.41) is 15.1. The van der Waals surface area contributed by atoms with E-state index >= 15 is 0 Å². The van der Waals surface area contributed by atoms with Crippen molar-refractivity contribution in [2.75, 3.05) is 10.6 Å². The molecule has 27 heavy (non-hydrogen) atoms. The van der Waals surface area contributed by atoms with Crippen molar-refractivity contribution >= 4 is 39.8 Å². The number of nitrogens with one attached hydrogen (secondary N) is 2. The van der Waals surface area contributed by atoms with Gasteiger partial charge in [0.15, 0.2) is 4.34 Å². The Morgan fingerprint density at radius 3 is 2.70 bits per heavy atom. The van der Waals surface area contributed by atoms with Crippen LogP contribution in [0.5, 0.6) is 0 Å². The van der Waals surface area contributed by atoms with E-state index in [0.717, 1.165) is 26.3 Å². The van der Waals surface area contributed by atoms with E-state index in [9.17, 15) is 4.79 Å². The van der Waals surface area contributed by atoms with Gasteiger partial charge in [0.25, 0.3) is 0 Å². The van der Waals surface area contributed by atoms with Gasteiger partial charge in [0.1, 0.15) is 0 Å². The van der Waals surface area contributed by atoms with Crippen LogP contribution >= 0.6 is 23.1 Å². The van der Waals surface area contributed by atoms with E-state index in [1.165, 1.54) is 28.7 Å². The molecular weight excluding hydrogens is 376 g/mol. The second-order valence-corrected chi connectivity index (χ2v) is 8.85. The van der Waals surface area contributed by atoms with Crippen molar-refractivity contribution < 1.29 is 4.79 Å². The molecule has 0 aliphatic carbocycles. The van der Waals surface area contributed by atoms with Crippen LogP contribution in [0.4, 0.5) is 10.8 Å². The van der Waals surface area contributed by atoms with Gasteiger partial charge in [-0.15, -0.1) is 10.2 Å². The number of nitrogens with zero attached hydrogens (tertiary/aromatic N) is 2. The van der Waals surface area contributed by atoms with Crippen LogP contribution in [0.2, 0.25) is 0 Å². The first-order valence-corrected chi connectivity index (χ1v) is 10.4.